The fraction of sp³-hybridized carbons (Fsp3) is 0.533. The van der Waals surface area contributed by atoms with Gasteiger partial charge in [-0.3, -0.25) is 4.79 Å². The van der Waals surface area contributed by atoms with Gasteiger partial charge in [-0.25, -0.2) is 0 Å². The van der Waals surface area contributed by atoms with E-state index >= 15 is 0 Å². The summed E-state index contributed by atoms with van der Waals surface area (Å²) in [4.78, 5) is 13.3. The molecular formula is C15H21BrN2O. The first-order valence-corrected chi connectivity index (χ1v) is 7.59. The summed E-state index contributed by atoms with van der Waals surface area (Å²) in [6.07, 6.45) is 1.04. The molecule has 0 aliphatic carbocycles. The van der Waals surface area contributed by atoms with E-state index in [4.69, 9.17) is 0 Å². The monoisotopic (exact) mass is 324 g/mol. The van der Waals surface area contributed by atoms with Crippen LogP contribution in [0, 0.1) is 5.92 Å². The molecule has 0 saturated carbocycles. The Morgan fingerprint density at radius 1 is 1.53 bits per heavy atom. The second kappa shape index (κ2) is 6.53. The molecule has 104 valence electrons. The minimum atomic E-state index is 0.192. The Morgan fingerprint density at radius 2 is 2.32 bits per heavy atom. The lowest BCUT2D eigenvalue weighted by Gasteiger charge is -2.37. The van der Waals surface area contributed by atoms with E-state index in [1.165, 1.54) is 5.56 Å². The molecule has 4 heteroatoms. The van der Waals surface area contributed by atoms with Crippen molar-refractivity contribution in [1.29, 1.82) is 0 Å². The molecule has 0 radical (unpaired) electrons. The second-order valence-corrected chi connectivity index (χ2v) is 6.26. The van der Waals surface area contributed by atoms with Gasteiger partial charge in [0.1, 0.15) is 0 Å². The van der Waals surface area contributed by atoms with E-state index in [1.807, 2.05) is 11.0 Å². The first-order chi connectivity index (χ1) is 9.06. The minimum Gasteiger partial charge on any atom is -0.343 e. The van der Waals surface area contributed by atoms with Crippen LogP contribution in [0.3, 0.4) is 0 Å². The Balaban J connectivity index is 1.85. The van der Waals surface area contributed by atoms with Crippen LogP contribution in [-0.2, 0) is 11.3 Å². The molecule has 1 aliphatic rings. The Hall–Kier alpha value is -0.870. The van der Waals surface area contributed by atoms with Crippen LogP contribution >= 0.6 is 15.9 Å². The van der Waals surface area contributed by atoms with Gasteiger partial charge in [0.2, 0.25) is 5.91 Å². The lowest BCUT2D eigenvalue weighted by atomic mass is 9.93. The average molecular weight is 325 g/mol. The third-order valence-corrected chi connectivity index (χ3v) is 4.30. The number of halogens is 1. The number of nitrogens with one attached hydrogen (secondary N) is 1. The van der Waals surface area contributed by atoms with Gasteiger partial charge in [0.25, 0.3) is 0 Å². The van der Waals surface area contributed by atoms with E-state index in [2.05, 4.69) is 46.4 Å². The molecule has 1 N–H and O–H groups in total. The Morgan fingerprint density at radius 3 is 2.95 bits per heavy atom. The SMILES string of the molecule is CC(=O)N1CC[C@H](NCc2cccc(Br)c2)[C@@H](C)C1. The van der Waals surface area contributed by atoms with Crippen LogP contribution in [0.1, 0.15) is 25.8 Å². The Labute approximate surface area is 123 Å². The fourth-order valence-corrected chi connectivity index (χ4v) is 3.08. The van der Waals surface area contributed by atoms with Crippen LogP contribution in [0.25, 0.3) is 0 Å². The van der Waals surface area contributed by atoms with Gasteiger partial charge in [0, 0.05) is 37.1 Å². The summed E-state index contributed by atoms with van der Waals surface area (Å²) in [5.41, 5.74) is 1.29. The van der Waals surface area contributed by atoms with Crippen LogP contribution in [0.2, 0.25) is 0 Å². The van der Waals surface area contributed by atoms with Crippen molar-refractivity contribution in [2.75, 3.05) is 13.1 Å². The minimum absolute atomic E-state index is 0.192. The molecule has 2 atom stereocenters. The van der Waals surface area contributed by atoms with Crippen molar-refractivity contribution in [3.8, 4) is 0 Å². The molecule has 0 unspecified atom stereocenters. The van der Waals surface area contributed by atoms with E-state index < -0.39 is 0 Å². The first-order valence-electron chi connectivity index (χ1n) is 6.79. The molecule has 1 saturated heterocycles. The topological polar surface area (TPSA) is 32.3 Å². The predicted molar refractivity (Wildman–Crippen MR) is 80.8 cm³/mol. The molecule has 1 amide bonds. The van der Waals surface area contributed by atoms with E-state index in [0.717, 1.165) is 30.5 Å². The molecule has 1 heterocycles. The zero-order chi connectivity index (χ0) is 13.8. The lowest BCUT2D eigenvalue weighted by molar-refractivity contribution is -0.130. The quantitative estimate of drug-likeness (QED) is 0.927. The van der Waals surface area contributed by atoms with Crippen LogP contribution in [0.5, 0.6) is 0 Å². The zero-order valence-electron chi connectivity index (χ0n) is 11.5. The molecule has 3 nitrogen and oxygen atoms in total. The lowest BCUT2D eigenvalue weighted by Crippen LogP contribution is -2.49. The van der Waals surface area contributed by atoms with Gasteiger partial charge >= 0.3 is 0 Å². The molecule has 0 bridgehead atoms. The molecule has 1 aliphatic heterocycles. The molecule has 1 aromatic rings. The fourth-order valence-electron chi connectivity index (χ4n) is 2.63. The summed E-state index contributed by atoms with van der Waals surface area (Å²) < 4.78 is 1.12. The largest absolute Gasteiger partial charge is 0.343 e. The molecule has 2 rings (SSSR count). The number of piperidine rings is 1. The van der Waals surface area contributed by atoms with Crippen molar-refractivity contribution in [2.24, 2.45) is 5.92 Å². The molecule has 19 heavy (non-hydrogen) atoms. The summed E-state index contributed by atoms with van der Waals surface area (Å²) in [7, 11) is 0. The van der Waals surface area contributed by atoms with Gasteiger partial charge in [0.15, 0.2) is 0 Å². The van der Waals surface area contributed by atoms with E-state index in [1.54, 1.807) is 6.92 Å². The summed E-state index contributed by atoms with van der Waals surface area (Å²) in [6.45, 7) is 6.49. The van der Waals surface area contributed by atoms with Crippen molar-refractivity contribution in [3.63, 3.8) is 0 Å². The number of carbonyl (C=O) groups excluding carboxylic acids is 1. The van der Waals surface area contributed by atoms with Crippen molar-refractivity contribution in [3.05, 3.63) is 34.3 Å². The highest BCUT2D eigenvalue weighted by Crippen LogP contribution is 2.18. The third-order valence-electron chi connectivity index (χ3n) is 3.81. The van der Waals surface area contributed by atoms with E-state index in [9.17, 15) is 4.79 Å². The van der Waals surface area contributed by atoms with Gasteiger partial charge in [-0.2, -0.15) is 0 Å². The van der Waals surface area contributed by atoms with Crippen LogP contribution in [-0.4, -0.2) is 29.9 Å². The zero-order valence-corrected chi connectivity index (χ0v) is 13.1. The number of carbonyl (C=O) groups is 1. The molecular weight excluding hydrogens is 304 g/mol. The number of rotatable bonds is 3. The Kier molecular flexibility index (Phi) is 4.99. The standard InChI is InChI=1S/C15H21BrN2O/c1-11-10-18(12(2)19)7-6-15(11)17-9-13-4-3-5-14(16)8-13/h3-5,8,11,15,17H,6-7,9-10H2,1-2H3/t11-,15-/m0/s1. The number of nitrogens with zero attached hydrogens (tertiary/aromatic N) is 1. The summed E-state index contributed by atoms with van der Waals surface area (Å²) in [5.74, 6) is 0.696. The second-order valence-electron chi connectivity index (χ2n) is 5.35. The van der Waals surface area contributed by atoms with Gasteiger partial charge in [-0.1, -0.05) is 35.0 Å². The normalized spacial score (nSPS) is 23.4. The van der Waals surface area contributed by atoms with E-state index in [-0.39, 0.29) is 5.91 Å². The Bertz CT molecular complexity index is 450. The van der Waals surface area contributed by atoms with Gasteiger partial charge in [-0.15, -0.1) is 0 Å². The number of benzene rings is 1. The average Bonchev–Trinajstić information content (AvgIpc) is 2.37. The predicted octanol–water partition coefficient (Wildman–Crippen LogP) is 2.80. The molecule has 0 spiro atoms. The van der Waals surface area contributed by atoms with Crippen molar-refractivity contribution in [1.82, 2.24) is 10.2 Å². The first kappa shape index (κ1) is 14.5. The van der Waals surface area contributed by atoms with Crippen molar-refractivity contribution < 1.29 is 4.79 Å². The number of amides is 1. The number of hydrogen-bond acceptors (Lipinski definition) is 2. The maximum atomic E-state index is 11.4. The summed E-state index contributed by atoms with van der Waals surface area (Å²) >= 11 is 3.49. The maximum Gasteiger partial charge on any atom is 0.219 e. The highest BCUT2D eigenvalue weighted by molar-refractivity contribution is 9.10. The van der Waals surface area contributed by atoms with Crippen LogP contribution in [0.15, 0.2) is 28.7 Å². The maximum absolute atomic E-state index is 11.4. The third kappa shape index (κ3) is 4.05. The van der Waals surface area contributed by atoms with Crippen LogP contribution in [0.4, 0.5) is 0 Å². The van der Waals surface area contributed by atoms with Gasteiger partial charge in [-0.05, 0) is 30.0 Å². The molecule has 0 aromatic heterocycles. The van der Waals surface area contributed by atoms with E-state index in [0.29, 0.717) is 12.0 Å². The highest BCUT2D eigenvalue weighted by atomic mass is 79.9. The van der Waals surface area contributed by atoms with Crippen molar-refractivity contribution in [2.45, 2.75) is 32.9 Å². The molecule has 1 aromatic carbocycles. The summed E-state index contributed by atoms with van der Waals surface area (Å²) in [6, 6.07) is 8.87. The van der Waals surface area contributed by atoms with Crippen LogP contribution < -0.4 is 5.32 Å². The molecule has 1 fully saturated rings. The van der Waals surface area contributed by atoms with Gasteiger partial charge < -0.3 is 10.2 Å². The van der Waals surface area contributed by atoms with Gasteiger partial charge in [0.05, 0.1) is 0 Å². The number of likely N-dealkylation sites (tertiary alicyclic amines) is 1. The van der Waals surface area contributed by atoms with Crippen molar-refractivity contribution >= 4 is 21.8 Å². The number of hydrogen-bond donors (Lipinski definition) is 1. The summed E-state index contributed by atoms with van der Waals surface area (Å²) in [5, 5.41) is 3.62. The smallest absolute Gasteiger partial charge is 0.219 e. The highest BCUT2D eigenvalue weighted by Gasteiger charge is 2.26.